The molecule has 1 unspecified atom stereocenters. The molecule has 1 aliphatic rings. The van der Waals surface area contributed by atoms with Gasteiger partial charge in [0.15, 0.2) is 5.96 Å². The van der Waals surface area contributed by atoms with Crippen molar-refractivity contribution in [2.75, 3.05) is 39.9 Å². The maximum Gasteiger partial charge on any atom is 0.191 e. The van der Waals surface area contributed by atoms with Crippen LogP contribution in [0.4, 0.5) is 0 Å². The molecule has 2 N–H and O–H groups in total. The van der Waals surface area contributed by atoms with Gasteiger partial charge in [-0.2, -0.15) is 5.10 Å². The number of hydrogen-bond donors (Lipinski definition) is 2. The van der Waals surface area contributed by atoms with Gasteiger partial charge in [0.1, 0.15) is 0 Å². The molecular weight excluding hydrogens is 503 g/mol. The highest BCUT2D eigenvalue weighted by molar-refractivity contribution is 14.0. The molecule has 1 fully saturated rings. The van der Waals surface area contributed by atoms with Crippen LogP contribution in [0.15, 0.2) is 35.3 Å². The molecule has 0 amide bonds. The van der Waals surface area contributed by atoms with Gasteiger partial charge >= 0.3 is 0 Å². The summed E-state index contributed by atoms with van der Waals surface area (Å²) in [6.45, 7) is 11.5. The number of rotatable bonds is 9. The zero-order chi connectivity index (χ0) is 21.3. The van der Waals surface area contributed by atoms with Gasteiger partial charge in [0.25, 0.3) is 0 Å². The number of hydrogen-bond acceptors (Lipinski definition) is 4. The fraction of sp³-hybridized carbons (Fsp3) is 0.565. The van der Waals surface area contributed by atoms with E-state index in [9.17, 15) is 0 Å². The van der Waals surface area contributed by atoms with Gasteiger partial charge in [-0.05, 0) is 57.9 Å². The minimum Gasteiger partial charge on any atom is -0.383 e. The Labute approximate surface area is 203 Å². The van der Waals surface area contributed by atoms with E-state index in [1.54, 1.807) is 7.11 Å². The summed E-state index contributed by atoms with van der Waals surface area (Å²) in [5, 5.41) is 11.6. The van der Waals surface area contributed by atoms with Crippen LogP contribution in [0.1, 0.15) is 36.7 Å². The van der Waals surface area contributed by atoms with E-state index in [1.807, 2.05) is 11.6 Å². The van der Waals surface area contributed by atoms with Gasteiger partial charge < -0.3 is 15.4 Å². The largest absolute Gasteiger partial charge is 0.383 e. The molecule has 0 aliphatic carbocycles. The second-order valence-electron chi connectivity index (χ2n) is 7.87. The first kappa shape index (κ1) is 25.6. The lowest BCUT2D eigenvalue weighted by Crippen LogP contribution is -2.45. The van der Waals surface area contributed by atoms with Crippen molar-refractivity contribution in [3.05, 3.63) is 47.3 Å². The molecule has 0 saturated carbocycles. The zero-order valence-corrected chi connectivity index (χ0v) is 21.6. The maximum atomic E-state index is 5.26. The Kier molecular flexibility index (Phi) is 10.8. The van der Waals surface area contributed by atoms with Gasteiger partial charge in [0, 0.05) is 38.5 Å². The Balaban J connectivity index is 0.00000341. The molecule has 7 nitrogen and oxygen atoms in total. The second-order valence-corrected chi connectivity index (χ2v) is 7.87. The van der Waals surface area contributed by atoms with Crippen molar-refractivity contribution in [3.63, 3.8) is 0 Å². The third kappa shape index (κ3) is 7.18. The number of benzene rings is 1. The molecule has 3 rings (SSSR count). The van der Waals surface area contributed by atoms with Crippen molar-refractivity contribution in [2.24, 2.45) is 4.99 Å². The smallest absolute Gasteiger partial charge is 0.191 e. The summed E-state index contributed by atoms with van der Waals surface area (Å²) >= 11 is 0. The monoisotopic (exact) mass is 540 g/mol. The first-order valence-corrected chi connectivity index (χ1v) is 11.0. The highest BCUT2D eigenvalue weighted by atomic mass is 127. The molecule has 31 heavy (non-hydrogen) atoms. The Hall–Kier alpha value is -1.65. The summed E-state index contributed by atoms with van der Waals surface area (Å²) in [4.78, 5) is 7.38. The molecule has 1 aliphatic heterocycles. The standard InChI is InChI=1S/C23H36N6O.HI/c1-5-24-23(26-17-21-10-8-12-28(21)13-14-30-4)25-16-20-9-6-7-11-22(20)29-19(3)15-18(2)27-29;/h6-7,9,11,15,21H,5,8,10,12-14,16-17H2,1-4H3,(H2,24,25,26);1H. The van der Waals surface area contributed by atoms with Gasteiger partial charge in [-0.1, -0.05) is 18.2 Å². The number of guanidine groups is 1. The van der Waals surface area contributed by atoms with E-state index in [0.717, 1.165) is 61.4 Å². The van der Waals surface area contributed by atoms with Gasteiger partial charge in [-0.15, -0.1) is 24.0 Å². The SMILES string of the molecule is CCNC(=NCc1ccccc1-n1nc(C)cc1C)NCC1CCCN1CCOC.I. The van der Waals surface area contributed by atoms with E-state index in [2.05, 4.69) is 64.8 Å². The molecule has 0 radical (unpaired) electrons. The summed E-state index contributed by atoms with van der Waals surface area (Å²) in [7, 11) is 1.77. The Morgan fingerprint density at radius 3 is 2.77 bits per heavy atom. The summed E-state index contributed by atoms with van der Waals surface area (Å²) < 4.78 is 7.26. The van der Waals surface area contributed by atoms with Crippen LogP contribution in [0.5, 0.6) is 0 Å². The van der Waals surface area contributed by atoms with Crippen LogP contribution >= 0.6 is 24.0 Å². The van der Waals surface area contributed by atoms with Crippen LogP contribution in [0.3, 0.4) is 0 Å². The first-order chi connectivity index (χ1) is 14.6. The molecule has 0 spiro atoms. The number of aryl methyl sites for hydroxylation is 2. The number of methoxy groups -OCH3 is 1. The number of aliphatic imine (C=N–C) groups is 1. The minimum atomic E-state index is 0. The Morgan fingerprint density at radius 1 is 1.26 bits per heavy atom. The first-order valence-electron chi connectivity index (χ1n) is 11.0. The van der Waals surface area contributed by atoms with Crippen LogP contribution in [0, 0.1) is 13.8 Å². The van der Waals surface area contributed by atoms with Gasteiger partial charge in [0.2, 0.25) is 0 Å². The van der Waals surface area contributed by atoms with Gasteiger partial charge in [-0.25, -0.2) is 9.67 Å². The fourth-order valence-corrected chi connectivity index (χ4v) is 4.07. The van der Waals surface area contributed by atoms with Crippen LogP contribution in [0.2, 0.25) is 0 Å². The second kappa shape index (κ2) is 13.0. The molecular formula is C23H37IN6O. The molecule has 1 aromatic heterocycles. The maximum absolute atomic E-state index is 5.26. The molecule has 1 atom stereocenters. The topological polar surface area (TPSA) is 66.7 Å². The van der Waals surface area contributed by atoms with Crippen LogP contribution in [0.25, 0.3) is 5.69 Å². The number of aromatic nitrogens is 2. The van der Waals surface area contributed by atoms with E-state index < -0.39 is 0 Å². The summed E-state index contributed by atoms with van der Waals surface area (Å²) in [5.41, 5.74) is 4.40. The number of nitrogens with one attached hydrogen (secondary N) is 2. The predicted molar refractivity (Wildman–Crippen MR) is 138 cm³/mol. The normalized spacial score (nSPS) is 16.9. The number of nitrogens with zero attached hydrogens (tertiary/aromatic N) is 4. The zero-order valence-electron chi connectivity index (χ0n) is 19.2. The summed E-state index contributed by atoms with van der Waals surface area (Å²) in [6.07, 6.45) is 2.47. The number of ether oxygens (including phenoxy) is 1. The number of halogens is 1. The van der Waals surface area contributed by atoms with Crippen molar-refractivity contribution in [1.29, 1.82) is 0 Å². The Morgan fingerprint density at radius 2 is 2.06 bits per heavy atom. The lowest BCUT2D eigenvalue weighted by molar-refractivity contribution is 0.141. The van der Waals surface area contributed by atoms with Gasteiger partial charge in [0.05, 0.1) is 24.5 Å². The van der Waals surface area contributed by atoms with Crippen LogP contribution in [-0.4, -0.2) is 66.6 Å². The van der Waals surface area contributed by atoms with Gasteiger partial charge in [-0.3, -0.25) is 4.90 Å². The van der Waals surface area contributed by atoms with E-state index in [-0.39, 0.29) is 24.0 Å². The molecule has 8 heteroatoms. The summed E-state index contributed by atoms with van der Waals surface area (Å²) in [6, 6.07) is 11.0. The van der Waals surface area contributed by atoms with Crippen LogP contribution in [-0.2, 0) is 11.3 Å². The third-order valence-electron chi connectivity index (χ3n) is 5.57. The van der Waals surface area contributed by atoms with E-state index in [1.165, 1.54) is 12.8 Å². The van der Waals surface area contributed by atoms with E-state index in [4.69, 9.17) is 9.73 Å². The van der Waals surface area contributed by atoms with Crippen molar-refractivity contribution < 1.29 is 4.74 Å². The number of likely N-dealkylation sites (tertiary alicyclic amines) is 1. The third-order valence-corrected chi connectivity index (χ3v) is 5.57. The predicted octanol–water partition coefficient (Wildman–Crippen LogP) is 3.27. The molecule has 1 aromatic carbocycles. The highest BCUT2D eigenvalue weighted by Crippen LogP contribution is 2.18. The molecule has 1 saturated heterocycles. The van der Waals surface area contributed by atoms with Crippen molar-refractivity contribution in [3.8, 4) is 5.69 Å². The lowest BCUT2D eigenvalue weighted by atomic mass is 10.2. The van der Waals surface area contributed by atoms with Crippen molar-refractivity contribution in [1.82, 2.24) is 25.3 Å². The summed E-state index contributed by atoms with van der Waals surface area (Å²) in [5.74, 6) is 0.860. The average Bonchev–Trinajstić information content (AvgIpc) is 3.33. The van der Waals surface area contributed by atoms with Crippen LogP contribution < -0.4 is 10.6 Å². The highest BCUT2D eigenvalue weighted by Gasteiger charge is 2.24. The van der Waals surface area contributed by atoms with Crippen molar-refractivity contribution >= 4 is 29.9 Å². The molecule has 172 valence electrons. The van der Waals surface area contributed by atoms with E-state index >= 15 is 0 Å². The molecule has 0 bridgehead atoms. The minimum absolute atomic E-state index is 0. The lowest BCUT2D eigenvalue weighted by Gasteiger charge is -2.25. The van der Waals surface area contributed by atoms with Crippen molar-refractivity contribution in [2.45, 2.75) is 46.2 Å². The number of para-hydroxylation sites is 1. The Bertz CT molecular complexity index is 837. The average molecular weight is 540 g/mol. The van der Waals surface area contributed by atoms with E-state index in [0.29, 0.717) is 12.6 Å². The molecule has 2 heterocycles. The quantitative estimate of drug-likeness (QED) is 0.291. The fourth-order valence-electron chi connectivity index (χ4n) is 4.07. The molecule has 2 aromatic rings.